The Morgan fingerprint density at radius 1 is 1.07 bits per heavy atom. The van der Waals surface area contributed by atoms with E-state index in [0.29, 0.717) is 5.95 Å². The van der Waals surface area contributed by atoms with Crippen LogP contribution in [0.4, 0.5) is 11.9 Å². The smallest absolute Gasteiger partial charge is 0.229 e. The fraction of sp³-hybridized carbons (Fsp3) is 0.450. The topological polar surface area (TPSA) is 74.4 Å². The van der Waals surface area contributed by atoms with Crippen molar-refractivity contribution in [2.24, 2.45) is 0 Å². The normalized spacial score (nSPS) is 17.3. The molecule has 1 fully saturated rings. The van der Waals surface area contributed by atoms with Crippen LogP contribution in [0.2, 0.25) is 0 Å². The first-order valence-electron chi connectivity index (χ1n) is 9.39. The predicted octanol–water partition coefficient (Wildman–Crippen LogP) is 1.91. The average molecular weight is 368 g/mol. The third kappa shape index (κ3) is 5.24. The molecule has 7 nitrogen and oxygen atoms in total. The molecule has 1 saturated heterocycles. The van der Waals surface area contributed by atoms with Crippen LogP contribution in [0, 0.1) is 0 Å². The van der Waals surface area contributed by atoms with Crippen molar-refractivity contribution < 1.29 is 0 Å². The largest absolute Gasteiger partial charge is 0.368 e. The number of benzene rings is 1. The van der Waals surface area contributed by atoms with Crippen molar-refractivity contribution in [3.63, 3.8) is 0 Å². The molecule has 1 aliphatic heterocycles. The van der Waals surface area contributed by atoms with Crippen molar-refractivity contribution in [1.29, 1.82) is 0 Å². The van der Waals surface area contributed by atoms with Gasteiger partial charge in [-0.1, -0.05) is 42.5 Å². The highest BCUT2D eigenvalue weighted by Crippen LogP contribution is 2.20. The number of hydrogen-bond donors (Lipinski definition) is 1. The van der Waals surface area contributed by atoms with E-state index in [4.69, 9.17) is 5.73 Å². The Morgan fingerprint density at radius 2 is 1.78 bits per heavy atom. The van der Waals surface area contributed by atoms with Crippen molar-refractivity contribution in [3.05, 3.63) is 47.8 Å². The second-order valence-electron chi connectivity index (χ2n) is 7.07. The van der Waals surface area contributed by atoms with E-state index in [1.54, 1.807) is 0 Å². The summed E-state index contributed by atoms with van der Waals surface area (Å²) in [6.45, 7) is 7.15. The number of nitrogen functional groups attached to an aromatic ring is 1. The maximum atomic E-state index is 5.87. The van der Waals surface area contributed by atoms with Crippen LogP contribution in [0.15, 0.2) is 36.4 Å². The summed E-state index contributed by atoms with van der Waals surface area (Å²) in [5, 5.41) is 0. The molecule has 0 aliphatic carbocycles. The maximum Gasteiger partial charge on any atom is 0.229 e. The standard InChI is InChI=1S/C20H29N7/c1-16(18-22-19(21)24-20(23-18)25(2)3)27-14-12-26(13-15-27)11-7-10-17-8-5-4-6-9-17/h4-10,16H,11-15H2,1-3H3,(H2,21,22,23,24). The molecule has 27 heavy (non-hydrogen) atoms. The van der Waals surface area contributed by atoms with E-state index in [1.807, 2.05) is 25.1 Å². The van der Waals surface area contributed by atoms with Crippen LogP contribution >= 0.6 is 0 Å². The van der Waals surface area contributed by atoms with Gasteiger partial charge in [-0.3, -0.25) is 9.80 Å². The van der Waals surface area contributed by atoms with Crippen molar-refractivity contribution in [2.75, 3.05) is 57.5 Å². The summed E-state index contributed by atoms with van der Waals surface area (Å²) in [5.41, 5.74) is 7.11. The first-order chi connectivity index (χ1) is 13.0. The molecule has 2 heterocycles. The van der Waals surface area contributed by atoms with Crippen molar-refractivity contribution >= 4 is 18.0 Å². The van der Waals surface area contributed by atoms with Crippen LogP contribution in [-0.4, -0.2) is 71.6 Å². The molecule has 0 amide bonds. The zero-order valence-corrected chi connectivity index (χ0v) is 16.4. The van der Waals surface area contributed by atoms with Crippen molar-refractivity contribution in [1.82, 2.24) is 24.8 Å². The zero-order chi connectivity index (χ0) is 19.2. The SMILES string of the molecule is CC(c1nc(N)nc(N(C)C)n1)N1CCN(CC=Cc2ccccc2)CC1. The van der Waals surface area contributed by atoms with Gasteiger partial charge in [0.05, 0.1) is 6.04 Å². The highest BCUT2D eigenvalue weighted by Gasteiger charge is 2.24. The fourth-order valence-electron chi connectivity index (χ4n) is 3.18. The van der Waals surface area contributed by atoms with Crippen LogP contribution in [0.5, 0.6) is 0 Å². The lowest BCUT2D eigenvalue weighted by molar-refractivity contribution is 0.107. The maximum absolute atomic E-state index is 5.87. The van der Waals surface area contributed by atoms with Gasteiger partial charge < -0.3 is 10.6 Å². The molecule has 2 N–H and O–H groups in total. The van der Waals surface area contributed by atoms with E-state index in [-0.39, 0.29) is 12.0 Å². The second-order valence-corrected chi connectivity index (χ2v) is 7.07. The summed E-state index contributed by atoms with van der Waals surface area (Å²) in [7, 11) is 3.82. The number of rotatable bonds is 6. The lowest BCUT2D eigenvalue weighted by Gasteiger charge is -2.37. The third-order valence-electron chi connectivity index (χ3n) is 4.86. The lowest BCUT2D eigenvalue weighted by Crippen LogP contribution is -2.47. The van der Waals surface area contributed by atoms with Gasteiger partial charge in [-0.25, -0.2) is 0 Å². The summed E-state index contributed by atoms with van der Waals surface area (Å²) < 4.78 is 0. The predicted molar refractivity (Wildman–Crippen MR) is 110 cm³/mol. The Balaban J connectivity index is 1.53. The minimum absolute atomic E-state index is 0.121. The Bertz CT molecular complexity index is 752. The van der Waals surface area contributed by atoms with Gasteiger partial charge in [-0.05, 0) is 12.5 Å². The summed E-state index contributed by atoms with van der Waals surface area (Å²) >= 11 is 0. The molecule has 1 aromatic heterocycles. The van der Waals surface area contributed by atoms with Crippen LogP contribution in [0.3, 0.4) is 0 Å². The Morgan fingerprint density at radius 3 is 2.44 bits per heavy atom. The van der Waals surface area contributed by atoms with Crippen LogP contribution in [-0.2, 0) is 0 Å². The monoisotopic (exact) mass is 367 g/mol. The second kappa shape index (κ2) is 8.92. The molecule has 1 aliphatic rings. The summed E-state index contributed by atoms with van der Waals surface area (Å²) in [6.07, 6.45) is 4.43. The van der Waals surface area contributed by atoms with Crippen molar-refractivity contribution in [2.45, 2.75) is 13.0 Å². The fourth-order valence-corrected chi connectivity index (χ4v) is 3.18. The molecule has 3 rings (SSSR count). The first kappa shape index (κ1) is 19.3. The first-order valence-corrected chi connectivity index (χ1v) is 9.39. The summed E-state index contributed by atoms with van der Waals surface area (Å²) in [5.74, 6) is 1.62. The lowest BCUT2D eigenvalue weighted by atomic mass is 10.2. The van der Waals surface area contributed by atoms with Gasteiger partial charge in [-0.15, -0.1) is 0 Å². The van der Waals surface area contributed by atoms with Crippen LogP contribution in [0.25, 0.3) is 6.08 Å². The molecule has 144 valence electrons. The van der Waals surface area contributed by atoms with E-state index >= 15 is 0 Å². The van der Waals surface area contributed by atoms with Gasteiger partial charge in [0.1, 0.15) is 0 Å². The van der Waals surface area contributed by atoms with E-state index in [1.165, 1.54) is 5.56 Å². The number of nitrogens with two attached hydrogens (primary N) is 1. The quantitative estimate of drug-likeness (QED) is 0.836. The molecular formula is C20H29N7. The average Bonchev–Trinajstić information content (AvgIpc) is 2.68. The van der Waals surface area contributed by atoms with Crippen LogP contribution in [0.1, 0.15) is 24.4 Å². The van der Waals surface area contributed by atoms with E-state index in [0.717, 1.165) is 38.5 Å². The van der Waals surface area contributed by atoms with Gasteiger partial charge in [0.25, 0.3) is 0 Å². The minimum atomic E-state index is 0.121. The van der Waals surface area contributed by atoms with Crippen LogP contribution < -0.4 is 10.6 Å². The zero-order valence-electron chi connectivity index (χ0n) is 16.4. The molecule has 2 aromatic rings. The van der Waals surface area contributed by atoms with E-state index in [2.05, 4.69) is 68.1 Å². The van der Waals surface area contributed by atoms with E-state index < -0.39 is 0 Å². The molecule has 0 spiro atoms. The van der Waals surface area contributed by atoms with Gasteiger partial charge in [0.2, 0.25) is 11.9 Å². The molecule has 0 radical (unpaired) electrons. The van der Waals surface area contributed by atoms with Gasteiger partial charge in [0, 0.05) is 46.8 Å². The van der Waals surface area contributed by atoms with Gasteiger partial charge in [-0.2, -0.15) is 15.0 Å². The highest BCUT2D eigenvalue weighted by atomic mass is 15.3. The van der Waals surface area contributed by atoms with Gasteiger partial charge in [0.15, 0.2) is 5.82 Å². The molecule has 1 unspecified atom stereocenters. The molecule has 7 heteroatoms. The Labute approximate surface area is 161 Å². The number of piperazine rings is 1. The molecule has 1 atom stereocenters. The molecular weight excluding hydrogens is 338 g/mol. The molecule has 0 saturated carbocycles. The number of hydrogen-bond acceptors (Lipinski definition) is 7. The Hall–Kier alpha value is -2.51. The highest BCUT2D eigenvalue weighted by molar-refractivity contribution is 5.48. The molecule has 0 bridgehead atoms. The van der Waals surface area contributed by atoms with E-state index in [9.17, 15) is 0 Å². The summed E-state index contributed by atoms with van der Waals surface area (Å²) in [6, 6.07) is 10.5. The summed E-state index contributed by atoms with van der Waals surface area (Å²) in [4.78, 5) is 19.8. The number of aromatic nitrogens is 3. The number of nitrogens with zero attached hydrogens (tertiary/aromatic N) is 6. The minimum Gasteiger partial charge on any atom is -0.368 e. The van der Waals surface area contributed by atoms with Gasteiger partial charge >= 0.3 is 0 Å². The molecule has 1 aromatic carbocycles. The number of anilines is 2. The Kier molecular flexibility index (Phi) is 6.36. The third-order valence-corrected chi connectivity index (χ3v) is 4.86. The van der Waals surface area contributed by atoms with Crippen molar-refractivity contribution in [3.8, 4) is 0 Å².